The van der Waals surface area contributed by atoms with Crippen LogP contribution in [-0.2, 0) is 25.0 Å². The molecule has 0 spiro atoms. The van der Waals surface area contributed by atoms with Crippen molar-refractivity contribution in [2.75, 3.05) is 5.32 Å². The predicted octanol–water partition coefficient (Wildman–Crippen LogP) is 3.10. The highest BCUT2D eigenvalue weighted by molar-refractivity contribution is 7.89. The molecule has 1 fully saturated rings. The first-order chi connectivity index (χ1) is 15.6. The fraction of sp³-hybridized carbons (Fsp3) is 0.375. The molecule has 0 radical (unpaired) electrons. The highest BCUT2D eigenvalue weighted by atomic mass is 32.2. The monoisotopic (exact) mass is 471 g/mol. The summed E-state index contributed by atoms with van der Waals surface area (Å²) < 4.78 is 27.3. The molecule has 176 valence electrons. The minimum Gasteiger partial charge on any atom is -0.322 e. The van der Waals surface area contributed by atoms with E-state index in [1.807, 2.05) is 13.8 Å². The van der Waals surface area contributed by atoms with Gasteiger partial charge in [0, 0.05) is 23.7 Å². The third kappa shape index (κ3) is 5.31. The standard InChI is InChI=1S/C24H29N3O5S/c1-4-16(3)27-33(31,32)20-12-6-17(7-13-20)22(29)25-19-10-8-18(9-11-19)24(5-2)15-14-21(28)26-23(24)30/h6-13,16,27H,4-5,14-15H2,1-3H3,(H,25,29)(H,26,28,30). The van der Waals surface area contributed by atoms with Crippen LogP contribution in [0.4, 0.5) is 5.69 Å². The number of benzene rings is 2. The topological polar surface area (TPSA) is 121 Å². The largest absolute Gasteiger partial charge is 0.322 e. The van der Waals surface area contributed by atoms with Crippen LogP contribution >= 0.6 is 0 Å². The molecule has 3 amide bonds. The van der Waals surface area contributed by atoms with E-state index in [9.17, 15) is 22.8 Å². The van der Waals surface area contributed by atoms with Crippen molar-refractivity contribution < 1.29 is 22.8 Å². The summed E-state index contributed by atoms with van der Waals surface area (Å²) in [5, 5.41) is 5.20. The van der Waals surface area contributed by atoms with E-state index >= 15 is 0 Å². The van der Waals surface area contributed by atoms with Gasteiger partial charge in [-0.3, -0.25) is 19.7 Å². The second-order valence-electron chi connectivity index (χ2n) is 8.30. The Balaban J connectivity index is 1.71. The van der Waals surface area contributed by atoms with Crippen LogP contribution in [0.25, 0.3) is 0 Å². The van der Waals surface area contributed by atoms with Gasteiger partial charge in [0.2, 0.25) is 21.8 Å². The Bertz CT molecular complexity index is 1140. The zero-order valence-corrected chi connectivity index (χ0v) is 19.8. The SMILES string of the molecule is CCC(C)NS(=O)(=O)c1ccc(C(=O)Nc2ccc(C3(CC)CCC(=O)NC3=O)cc2)cc1. The van der Waals surface area contributed by atoms with Gasteiger partial charge in [0.15, 0.2) is 0 Å². The summed E-state index contributed by atoms with van der Waals surface area (Å²) in [6.45, 7) is 5.58. The number of rotatable bonds is 8. The summed E-state index contributed by atoms with van der Waals surface area (Å²) in [5.41, 5.74) is 0.881. The van der Waals surface area contributed by atoms with Crippen molar-refractivity contribution in [1.29, 1.82) is 0 Å². The first-order valence-electron chi connectivity index (χ1n) is 11.0. The van der Waals surface area contributed by atoms with Crippen molar-refractivity contribution in [3.8, 4) is 0 Å². The second kappa shape index (κ2) is 9.84. The minimum atomic E-state index is -3.64. The maximum atomic E-state index is 12.6. The highest BCUT2D eigenvalue weighted by Crippen LogP contribution is 2.36. The first kappa shape index (κ1) is 24.6. The molecule has 2 aromatic rings. The minimum absolute atomic E-state index is 0.0952. The van der Waals surface area contributed by atoms with E-state index in [1.54, 1.807) is 31.2 Å². The first-order valence-corrected chi connectivity index (χ1v) is 12.5. The lowest BCUT2D eigenvalue weighted by Gasteiger charge is -2.35. The number of anilines is 1. The zero-order valence-electron chi connectivity index (χ0n) is 19.0. The van der Waals surface area contributed by atoms with Gasteiger partial charge in [-0.05, 0) is 68.1 Å². The van der Waals surface area contributed by atoms with Crippen LogP contribution < -0.4 is 15.4 Å². The van der Waals surface area contributed by atoms with Gasteiger partial charge in [-0.25, -0.2) is 13.1 Å². The number of carbonyl (C=O) groups excluding carboxylic acids is 3. The summed E-state index contributed by atoms with van der Waals surface area (Å²) in [7, 11) is -3.64. The van der Waals surface area contributed by atoms with Gasteiger partial charge in [0.05, 0.1) is 10.3 Å². The molecule has 33 heavy (non-hydrogen) atoms. The summed E-state index contributed by atoms with van der Waals surface area (Å²) in [6.07, 6.45) is 1.96. The Labute approximate surface area is 194 Å². The Morgan fingerprint density at radius 2 is 1.70 bits per heavy atom. The van der Waals surface area contributed by atoms with Gasteiger partial charge >= 0.3 is 0 Å². The number of hydrogen-bond donors (Lipinski definition) is 3. The molecule has 0 bridgehead atoms. The molecule has 3 rings (SSSR count). The van der Waals surface area contributed by atoms with Crippen LogP contribution in [-0.4, -0.2) is 32.2 Å². The molecule has 8 nitrogen and oxygen atoms in total. The Kier molecular flexibility index (Phi) is 7.34. The number of piperidine rings is 1. The number of hydrogen-bond acceptors (Lipinski definition) is 5. The van der Waals surface area contributed by atoms with E-state index in [4.69, 9.17) is 0 Å². The zero-order chi connectivity index (χ0) is 24.2. The third-order valence-corrected chi connectivity index (χ3v) is 7.77. The summed E-state index contributed by atoms with van der Waals surface area (Å²) in [4.78, 5) is 36.8. The van der Waals surface area contributed by atoms with E-state index in [1.165, 1.54) is 24.3 Å². The lowest BCUT2D eigenvalue weighted by molar-refractivity contribution is -0.138. The van der Waals surface area contributed by atoms with Crippen LogP contribution in [0.15, 0.2) is 53.4 Å². The molecule has 0 aromatic heterocycles. The smallest absolute Gasteiger partial charge is 0.255 e. The average molecular weight is 472 g/mol. The Hall–Kier alpha value is -3.04. The van der Waals surface area contributed by atoms with Crippen molar-refractivity contribution in [2.24, 2.45) is 0 Å². The molecule has 2 atom stereocenters. The molecule has 1 heterocycles. The van der Waals surface area contributed by atoms with Gasteiger partial charge in [0.1, 0.15) is 0 Å². The molecular formula is C24H29N3O5S. The molecule has 2 aromatic carbocycles. The normalized spacial score (nSPS) is 19.6. The van der Waals surface area contributed by atoms with Crippen LogP contribution in [0.5, 0.6) is 0 Å². The van der Waals surface area contributed by atoms with E-state index in [2.05, 4.69) is 15.4 Å². The molecule has 9 heteroatoms. The van der Waals surface area contributed by atoms with Crippen molar-refractivity contribution in [3.05, 3.63) is 59.7 Å². The van der Waals surface area contributed by atoms with Crippen LogP contribution in [0.3, 0.4) is 0 Å². The highest BCUT2D eigenvalue weighted by Gasteiger charge is 2.42. The molecule has 1 aliphatic rings. The lowest BCUT2D eigenvalue weighted by atomic mass is 9.72. The second-order valence-corrected chi connectivity index (χ2v) is 10.0. The van der Waals surface area contributed by atoms with Gasteiger partial charge in [0.25, 0.3) is 5.91 Å². The van der Waals surface area contributed by atoms with Crippen molar-refractivity contribution >= 4 is 33.4 Å². The average Bonchev–Trinajstić information content (AvgIpc) is 2.80. The van der Waals surface area contributed by atoms with Crippen LogP contribution in [0.1, 0.15) is 62.4 Å². The summed E-state index contributed by atoms with van der Waals surface area (Å²) in [6, 6.07) is 12.5. The molecular weight excluding hydrogens is 442 g/mol. The van der Waals surface area contributed by atoms with E-state index in [0.29, 0.717) is 30.5 Å². The van der Waals surface area contributed by atoms with Crippen LogP contribution in [0, 0.1) is 0 Å². The number of nitrogens with one attached hydrogen (secondary N) is 3. The fourth-order valence-electron chi connectivity index (χ4n) is 3.84. The van der Waals surface area contributed by atoms with Crippen molar-refractivity contribution in [3.63, 3.8) is 0 Å². The number of sulfonamides is 1. The van der Waals surface area contributed by atoms with E-state index < -0.39 is 15.4 Å². The fourth-order valence-corrected chi connectivity index (χ4v) is 5.17. The predicted molar refractivity (Wildman–Crippen MR) is 125 cm³/mol. The Morgan fingerprint density at radius 1 is 1.06 bits per heavy atom. The maximum absolute atomic E-state index is 12.6. The number of carbonyl (C=O) groups is 3. The van der Waals surface area contributed by atoms with E-state index in [0.717, 1.165) is 5.56 Å². The summed E-state index contributed by atoms with van der Waals surface area (Å²) >= 11 is 0. The summed E-state index contributed by atoms with van der Waals surface area (Å²) in [5.74, 6) is -0.939. The van der Waals surface area contributed by atoms with Crippen molar-refractivity contribution in [1.82, 2.24) is 10.0 Å². The molecule has 2 unspecified atom stereocenters. The maximum Gasteiger partial charge on any atom is 0.255 e. The number of imide groups is 1. The molecule has 1 aliphatic heterocycles. The molecule has 0 saturated carbocycles. The Morgan fingerprint density at radius 3 is 2.24 bits per heavy atom. The van der Waals surface area contributed by atoms with Gasteiger partial charge in [-0.2, -0.15) is 0 Å². The van der Waals surface area contributed by atoms with Crippen molar-refractivity contribution in [2.45, 2.75) is 62.8 Å². The molecule has 1 saturated heterocycles. The van der Waals surface area contributed by atoms with Gasteiger partial charge in [-0.15, -0.1) is 0 Å². The molecule has 0 aliphatic carbocycles. The third-order valence-electron chi connectivity index (χ3n) is 6.16. The van der Waals surface area contributed by atoms with Gasteiger partial charge < -0.3 is 5.32 Å². The van der Waals surface area contributed by atoms with Gasteiger partial charge in [-0.1, -0.05) is 26.0 Å². The molecule has 3 N–H and O–H groups in total. The number of amides is 3. The lowest BCUT2D eigenvalue weighted by Crippen LogP contribution is -2.51. The van der Waals surface area contributed by atoms with E-state index in [-0.39, 0.29) is 35.1 Å². The van der Waals surface area contributed by atoms with Crippen LogP contribution in [0.2, 0.25) is 0 Å². The quantitative estimate of drug-likeness (QED) is 0.511.